The number of aromatic nitrogens is 1. The van der Waals surface area contributed by atoms with Crippen LogP contribution >= 0.6 is 11.3 Å². The summed E-state index contributed by atoms with van der Waals surface area (Å²) >= 11 is 1.70. The SMILES string of the molecule is CCCCN(c1nc(CCC(=O)OC)cs1)C1CC1. The fourth-order valence-electron chi connectivity index (χ4n) is 2.02. The number of rotatable bonds is 8. The van der Waals surface area contributed by atoms with Crippen molar-refractivity contribution in [1.29, 1.82) is 0 Å². The zero-order valence-electron chi connectivity index (χ0n) is 11.7. The van der Waals surface area contributed by atoms with Gasteiger partial charge in [0.25, 0.3) is 0 Å². The molecule has 1 aliphatic carbocycles. The van der Waals surface area contributed by atoms with Gasteiger partial charge in [0.05, 0.1) is 19.2 Å². The molecule has 0 atom stereocenters. The Balaban J connectivity index is 1.92. The summed E-state index contributed by atoms with van der Waals surface area (Å²) in [7, 11) is 1.42. The highest BCUT2D eigenvalue weighted by Crippen LogP contribution is 2.33. The molecule has 1 heterocycles. The van der Waals surface area contributed by atoms with Crippen LogP contribution in [-0.2, 0) is 16.0 Å². The molecule has 0 unspecified atom stereocenters. The zero-order valence-corrected chi connectivity index (χ0v) is 12.5. The Morgan fingerprint density at radius 1 is 1.58 bits per heavy atom. The van der Waals surface area contributed by atoms with Crippen molar-refractivity contribution in [2.24, 2.45) is 0 Å². The molecule has 0 N–H and O–H groups in total. The quantitative estimate of drug-likeness (QED) is 0.687. The number of esters is 1. The molecule has 0 aliphatic heterocycles. The number of thiazole rings is 1. The smallest absolute Gasteiger partial charge is 0.305 e. The molecule has 1 aromatic heterocycles. The van der Waals surface area contributed by atoms with Gasteiger partial charge in [-0.05, 0) is 19.3 Å². The van der Waals surface area contributed by atoms with Crippen molar-refractivity contribution in [3.63, 3.8) is 0 Å². The molecule has 0 bridgehead atoms. The number of methoxy groups -OCH3 is 1. The summed E-state index contributed by atoms with van der Waals surface area (Å²) < 4.78 is 4.65. The number of hydrogen-bond acceptors (Lipinski definition) is 5. The minimum atomic E-state index is -0.167. The molecule has 1 aliphatic rings. The Hall–Kier alpha value is -1.10. The average molecular weight is 282 g/mol. The van der Waals surface area contributed by atoms with E-state index in [0.717, 1.165) is 17.4 Å². The fraction of sp³-hybridized carbons (Fsp3) is 0.714. The molecular formula is C14H22N2O2S. The van der Waals surface area contributed by atoms with E-state index in [1.165, 1.54) is 32.8 Å². The summed E-state index contributed by atoms with van der Waals surface area (Å²) in [4.78, 5) is 18.2. The van der Waals surface area contributed by atoms with Gasteiger partial charge in [-0.15, -0.1) is 11.3 Å². The summed E-state index contributed by atoms with van der Waals surface area (Å²) in [5.74, 6) is -0.167. The molecule has 1 aromatic rings. The molecular weight excluding hydrogens is 260 g/mol. The van der Waals surface area contributed by atoms with Gasteiger partial charge in [0.1, 0.15) is 0 Å². The number of aryl methyl sites for hydroxylation is 1. The van der Waals surface area contributed by atoms with Crippen LogP contribution in [0.4, 0.5) is 5.13 Å². The average Bonchev–Trinajstić information content (AvgIpc) is 3.15. The molecule has 106 valence electrons. The number of hydrogen-bond donors (Lipinski definition) is 0. The van der Waals surface area contributed by atoms with Crippen molar-refractivity contribution in [2.45, 2.75) is 51.5 Å². The number of ether oxygens (including phenoxy) is 1. The van der Waals surface area contributed by atoms with E-state index >= 15 is 0 Å². The predicted octanol–water partition coefficient (Wildman–Crippen LogP) is 3.02. The van der Waals surface area contributed by atoms with Crippen LogP contribution in [-0.4, -0.2) is 30.6 Å². The maximum Gasteiger partial charge on any atom is 0.305 e. The summed E-state index contributed by atoms with van der Waals surface area (Å²) in [5.41, 5.74) is 1.01. The second-order valence-corrected chi connectivity index (χ2v) is 5.81. The highest BCUT2D eigenvalue weighted by Gasteiger charge is 2.30. The summed E-state index contributed by atoms with van der Waals surface area (Å²) in [6, 6.07) is 0.700. The van der Waals surface area contributed by atoms with Gasteiger partial charge in [-0.3, -0.25) is 4.79 Å². The first kappa shape index (κ1) is 14.3. The van der Waals surface area contributed by atoms with Crippen molar-refractivity contribution in [2.75, 3.05) is 18.6 Å². The molecule has 0 amide bonds. The first-order valence-corrected chi connectivity index (χ1v) is 7.90. The third-order valence-corrected chi connectivity index (χ3v) is 4.27. The lowest BCUT2D eigenvalue weighted by Crippen LogP contribution is -2.26. The standard InChI is InChI=1S/C14H22N2O2S/c1-3-4-9-16(12-6-7-12)14-15-11(10-19-14)5-8-13(17)18-2/h10,12H,3-9H2,1-2H3. The van der Waals surface area contributed by atoms with Gasteiger partial charge in [0, 0.05) is 24.4 Å². The van der Waals surface area contributed by atoms with Gasteiger partial charge in [-0.2, -0.15) is 0 Å². The van der Waals surface area contributed by atoms with Crippen molar-refractivity contribution in [3.8, 4) is 0 Å². The molecule has 4 nitrogen and oxygen atoms in total. The topological polar surface area (TPSA) is 42.4 Å². The molecule has 2 rings (SSSR count). The highest BCUT2D eigenvalue weighted by molar-refractivity contribution is 7.13. The Kier molecular flexibility index (Phi) is 5.19. The van der Waals surface area contributed by atoms with Crippen molar-refractivity contribution in [3.05, 3.63) is 11.1 Å². The Morgan fingerprint density at radius 3 is 3.00 bits per heavy atom. The van der Waals surface area contributed by atoms with E-state index in [9.17, 15) is 4.79 Å². The van der Waals surface area contributed by atoms with Gasteiger partial charge in [0.2, 0.25) is 0 Å². The lowest BCUT2D eigenvalue weighted by atomic mass is 10.2. The van der Waals surface area contributed by atoms with Gasteiger partial charge in [-0.1, -0.05) is 13.3 Å². The van der Waals surface area contributed by atoms with E-state index < -0.39 is 0 Å². The first-order chi connectivity index (χ1) is 9.24. The van der Waals surface area contributed by atoms with Gasteiger partial charge in [0.15, 0.2) is 5.13 Å². The number of nitrogens with zero attached hydrogens (tertiary/aromatic N) is 2. The second-order valence-electron chi connectivity index (χ2n) is 4.98. The third-order valence-electron chi connectivity index (χ3n) is 3.34. The lowest BCUT2D eigenvalue weighted by molar-refractivity contribution is -0.140. The second kappa shape index (κ2) is 6.89. The summed E-state index contributed by atoms with van der Waals surface area (Å²) in [6.07, 6.45) is 6.10. The van der Waals surface area contributed by atoms with E-state index in [1.807, 2.05) is 0 Å². The number of carbonyl (C=O) groups excluding carboxylic acids is 1. The third kappa shape index (κ3) is 4.20. The first-order valence-electron chi connectivity index (χ1n) is 7.02. The largest absolute Gasteiger partial charge is 0.469 e. The van der Waals surface area contributed by atoms with Crippen molar-refractivity contribution >= 4 is 22.4 Å². The molecule has 5 heteroatoms. The Morgan fingerprint density at radius 2 is 2.37 bits per heavy atom. The molecule has 1 saturated carbocycles. The van der Waals surface area contributed by atoms with Gasteiger partial charge in [-0.25, -0.2) is 4.98 Å². The summed E-state index contributed by atoms with van der Waals surface area (Å²) in [5, 5.41) is 3.19. The van der Waals surface area contributed by atoms with Crippen LogP contribution in [0.1, 0.15) is 44.7 Å². The van der Waals surface area contributed by atoms with E-state index in [0.29, 0.717) is 18.9 Å². The van der Waals surface area contributed by atoms with E-state index in [-0.39, 0.29) is 5.97 Å². The van der Waals surface area contributed by atoms with E-state index in [4.69, 9.17) is 0 Å². The predicted molar refractivity (Wildman–Crippen MR) is 77.7 cm³/mol. The number of anilines is 1. The lowest BCUT2D eigenvalue weighted by Gasteiger charge is -2.20. The van der Waals surface area contributed by atoms with Crippen LogP contribution in [0, 0.1) is 0 Å². The van der Waals surface area contributed by atoms with Crippen molar-refractivity contribution in [1.82, 2.24) is 4.98 Å². The maximum absolute atomic E-state index is 11.1. The van der Waals surface area contributed by atoms with Crippen LogP contribution in [0.15, 0.2) is 5.38 Å². The van der Waals surface area contributed by atoms with Crippen molar-refractivity contribution < 1.29 is 9.53 Å². The van der Waals surface area contributed by atoms with Crippen LogP contribution in [0.2, 0.25) is 0 Å². The molecule has 0 radical (unpaired) electrons. The Labute approximate surface area is 118 Å². The van der Waals surface area contributed by atoms with Crippen LogP contribution < -0.4 is 4.90 Å². The molecule has 0 spiro atoms. The molecule has 0 aromatic carbocycles. The molecule has 0 saturated heterocycles. The van der Waals surface area contributed by atoms with Gasteiger partial charge < -0.3 is 9.64 Å². The summed E-state index contributed by atoms with van der Waals surface area (Å²) in [6.45, 7) is 3.32. The molecule has 1 fully saturated rings. The number of unbranched alkanes of at least 4 members (excludes halogenated alkanes) is 1. The fourth-order valence-corrected chi connectivity index (χ4v) is 2.98. The van der Waals surface area contributed by atoms with E-state index in [2.05, 4.69) is 26.9 Å². The number of carbonyl (C=O) groups is 1. The highest BCUT2D eigenvalue weighted by atomic mass is 32.1. The van der Waals surface area contributed by atoms with Gasteiger partial charge >= 0.3 is 5.97 Å². The maximum atomic E-state index is 11.1. The minimum Gasteiger partial charge on any atom is -0.469 e. The van der Waals surface area contributed by atoms with E-state index in [1.54, 1.807) is 11.3 Å². The van der Waals surface area contributed by atoms with Crippen LogP contribution in [0.25, 0.3) is 0 Å². The molecule has 19 heavy (non-hydrogen) atoms. The Bertz CT molecular complexity index is 415. The normalized spacial score (nSPS) is 14.4. The monoisotopic (exact) mass is 282 g/mol. The van der Waals surface area contributed by atoms with Crippen LogP contribution in [0.5, 0.6) is 0 Å². The van der Waals surface area contributed by atoms with Crippen LogP contribution in [0.3, 0.4) is 0 Å². The zero-order chi connectivity index (χ0) is 13.7. The minimum absolute atomic E-state index is 0.167.